The number of hydrogen-bond donors (Lipinski definition) is 1. The highest BCUT2D eigenvalue weighted by Gasteiger charge is 2.31. The van der Waals surface area contributed by atoms with E-state index in [1.807, 2.05) is 5.38 Å². The summed E-state index contributed by atoms with van der Waals surface area (Å²) in [5.41, 5.74) is 2.39. The van der Waals surface area contributed by atoms with Gasteiger partial charge >= 0.3 is 0 Å². The largest absolute Gasteiger partial charge is 0.296 e. The summed E-state index contributed by atoms with van der Waals surface area (Å²) in [5, 5.41) is 14.7. The molecular weight excluding hydrogens is 338 g/mol. The molecule has 1 atom stereocenters. The molecule has 0 aromatic carbocycles. The molecule has 0 radical (unpaired) electrons. The van der Waals surface area contributed by atoms with E-state index in [0.29, 0.717) is 22.4 Å². The van der Waals surface area contributed by atoms with Gasteiger partial charge in [0.1, 0.15) is 5.01 Å². The summed E-state index contributed by atoms with van der Waals surface area (Å²) in [6.45, 7) is 11.1. The van der Waals surface area contributed by atoms with Crippen molar-refractivity contribution in [1.29, 1.82) is 0 Å². The van der Waals surface area contributed by atoms with Crippen molar-refractivity contribution in [3.8, 4) is 0 Å². The van der Waals surface area contributed by atoms with Crippen LogP contribution < -0.4 is 5.32 Å². The van der Waals surface area contributed by atoms with Crippen molar-refractivity contribution in [2.24, 2.45) is 11.3 Å². The van der Waals surface area contributed by atoms with Crippen molar-refractivity contribution in [2.75, 3.05) is 5.32 Å². The number of aromatic nitrogens is 2. The van der Waals surface area contributed by atoms with Crippen LogP contribution in [0.4, 0.5) is 5.13 Å². The lowest BCUT2D eigenvalue weighted by atomic mass is 9.72. The van der Waals surface area contributed by atoms with Crippen LogP contribution in [0.25, 0.3) is 0 Å². The molecule has 0 saturated heterocycles. The second-order valence-electron chi connectivity index (χ2n) is 7.91. The quantitative estimate of drug-likeness (QED) is 0.823. The number of fused-ring (bicyclic) bond motifs is 1. The van der Waals surface area contributed by atoms with Crippen LogP contribution in [0.1, 0.15) is 72.8 Å². The molecule has 6 heteroatoms. The molecule has 1 amide bonds. The monoisotopic (exact) mass is 363 g/mol. The second-order valence-corrected chi connectivity index (χ2v) is 9.88. The number of thiophene rings is 1. The molecule has 2 heterocycles. The molecule has 0 spiro atoms. The molecular formula is C18H25N3OS2. The van der Waals surface area contributed by atoms with Crippen LogP contribution in [-0.4, -0.2) is 16.1 Å². The Bertz CT molecular complexity index is 740. The van der Waals surface area contributed by atoms with E-state index < -0.39 is 0 Å². The minimum Gasteiger partial charge on any atom is -0.296 e. The minimum atomic E-state index is -0.0480. The summed E-state index contributed by atoms with van der Waals surface area (Å²) in [7, 11) is 0. The van der Waals surface area contributed by atoms with Gasteiger partial charge in [-0.05, 0) is 36.2 Å². The molecule has 2 aromatic rings. The lowest BCUT2D eigenvalue weighted by molar-refractivity contribution is 0.102. The first-order valence-corrected chi connectivity index (χ1v) is 10.2. The molecule has 3 rings (SSSR count). The highest BCUT2D eigenvalue weighted by molar-refractivity contribution is 7.15. The Balaban J connectivity index is 1.74. The topological polar surface area (TPSA) is 54.9 Å². The second kappa shape index (κ2) is 6.56. The first kappa shape index (κ1) is 17.5. The predicted molar refractivity (Wildman–Crippen MR) is 101 cm³/mol. The molecule has 0 fully saturated rings. The van der Waals surface area contributed by atoms with Gasteiger partial charge in [0.25, 0.3) is 5.91 Å². The van der Waals surface area contributed by atoms with E-state index in [0.717, 1.165) is 29.8 Å². The number of carbonyl (C=O) groups is 1. The molecule has 4 nitrogen and oxygen atoms in total. The van der Waals surface area contributed by atoms with Crippen molar-refractivity contribution < 1.29 is 4.79 Å². The van der Waals surface area contributed by atoms with Gasteiger partial charge in [0.05, 0.1) is 5.56 Å². The van der Waals surface area contributed by atoms with Crippen molar-refractivity contribution >= 4 is 33.7 Å². The van der Waals surface area contributed by atoms with Gasteiger partial charge < -0.3 is 0 Å². The van der Waals surface area contributed by atoms with Gasteiger partial charge in [-0.3, -0.25) is 10.1 Å². The maximum Gasteiger partial charge on any atom is 0.258 e. The standard InChI is InChI=1S/C18H25N3OS2/c1-10(2)16-20-21-17(24-16)19-15(22)13-9-23-14-8-11(18(3,4)5)6-7-12(13)14/h9-11H,6-8H2,1-5H3,(H,19,21,22). The summed E-state index contributed by atoms with van der Waals surface area (Å²) < 4.78 is 0. The molecule has 1 aliphatic rings. The Morgan fingerprint density at radius 2 is 2.08 bits per heavy atom. The number of anilines is 1. The number of carbonyl (C=O) groups excluding carboxylic acids is 1. The first-order valence-electron chi connectivity index (χ1n) is 8.49. The minimum absolute atomic E-state index is 0.0480. The molecule has 24 heavy (non-hydrogen) atoms. The molecule has 1 N–H and O–H groups in total. The average Bonchev–Trinajstić information content (AvgIpc) is 3.11. The molecule has 1 unspecified atom stereocenters. The van der Waals surface area contributed by atoms with Crippen LogP contribution in [-0.2, 0) is 12.8 Å². The van der Waals surface area contributed by atoms with E-state index in [2.05, 4.69) is 50.1 Å². The van der Waals surface area contributed by atoms with Gasteiger partial charge in [0, 0.05) is 16.2 Å². The zero-order chi connectivity index (χ0) is 17.5. The van der Waals surface area contributed by atoms with E-state index in [1.165, 1.54) is 21.8 Å². The van der Waals surface area contributed by atoms with Gasteiger partial charge in [-0.1, -0.05) is 46.0 Å². The number of nitrogens with zero attached hydrogens (tertiary/aromatic N) is 2. The third-order valence-electron chi connectivity index (χ3n) is 4.78. The number of nitrogens with one attached hydrogen (secondary N) is 1. The molecule has 0 saturated carbocycles. The fraction of sp³-hybridized carbons (Fsp3) is 0.611. The molecule has 1 aliphatic carbocycles. The molecule has 2 aromatic heterocycles. The third-order valence-corrected chi connectivity index (χ3v) is 6.97. The first-order chi connectivity index (χ1) is 11.3. The van der Waals surface area contributed by atoms with E-state index >= 15 is 0 Å². The summed E-state index contributed by atoms with van der Waals surface area (Å²) in [6.07, 6.45) is 3.24. The van der Waals surface area contributed by atoms with E-state index in [-0.39, 0.29) is 5.91 Å². The van der Waals surface area contributed by atoms with E-state index in [4.69, 9.17) is 0 Å². The zero-order valence-electron chi connectivity index (χ0n) is 15.0. The van der Waals surface area contributed by atoms with Crippen molar-refractivity contribution in [3.05, 3.63) is 26.4 Å². The average molecular weight is 364 g/mol. The summed E-state index contributed by atoms with van der Waals surface area (Å²) in [4.78, 5) is 14.0. The Labute approximate surface area is 151 Å². The van der Waals surface area contributed by atoms with Crippen LogP contribution in [0.15, 0.2) is 5.38 Å². The molecule has 0 aliphatic heterocycles. The summed E-state index contributed by atoms with van der Waals surface area (Å²) in [6, 6.07) is 0. The maximum atomic E-state index is 12.6. The van der Waals surface area contributed by atoms with Gasteiger partial charge in [-0.25, -0.2) is 0 Å². The number of rotatable bonds is 3. The Morgan fingerprint density at radius 3 is 2.71 bits per heavy atom. The van der Waals surface area contributed by atoms with Gasteiger partial charge in [0.2, 0.25) is 5.13 Å². The molecule has 0 bridgehead atoms. The predicted octanol–water partition coefficient (Wildman–Crippen LogP) is 5.13. The van der Waals surface area contributed by atoms with Crippen LogP contribution in [0.2, 0.25) is 0 Å². The number of hydrogen-bond acceptors (Lipinski definition) is 5. The lowest BCUT2D eigenvalue weighted by Gasteiger charge is -2.34. The highest BCUT2D eigenvalue weighted by Crippen LogP contribution is 2.40. The highest BCUT2D eigenvalue weighted by atomic mass is 32.1. The smallest absolute Gasteiger partial charge is 0.258 e. The van der Waals surface area contributed by atoms with Crippen LogP contribution in [0, 0.1) is 11.3 Å². The van der Waals surface area contributed by atoms with E-state index in [9.17, 15) is 4.79 Å². The fourth-order valence-electron chi connectivity index (χ4n) is 3.12. The Kier molecular flexibility index (Phi) is 4.80. The van der Waals surface area contributed by atoms with Crippen molar-refractivity contribution in [1.82, 2.24) is 10.2 Å². The zero-order valence-corrected chi connectivity index (χ0v) is 16.6. The van der Waals surface area contributed by atoms with Crippen LogP contribution in [0.3, 0.4) is 0 Å². The normalized spacial score (nSPS) is 17.8. The third kappa shape index (κ3) is 3.54. The SMILES string of the molecule is CC(C)c1nnc(NC(=O)c2csc3c2CCC(C(C)(C)C)C3)s1. The Hall–Kier alpha value is -1.27. The van der Waals surface area contributed by atoms with Gasteiger partial charge in [-0.2, -0.15) is 0 Å². The lowest BCUT2D eigenvalue weighted by Crippen LogP contribution is -2.27. The van der Waals surface area contributed by atoms with Crippen molar-refractivity contribution in [3.63, 3.8) is 0 Å². The van der Waals surface area contributed by atoms with Crippen molar-refractivity contribution in [2.45, 2.75) is 59.8 Å². The summed E-state index contributed by atoms with van der Waals surface area (Å²) in [5.74, 6) is 0.973. The molecule has 130 valence electrons. The number of amides is 1. The van der Waals surface area contributed by atoms with Gasteiger partial charge in [-0.15, -0.1) is 21.5 Å². The van der Waals surface area contributed by atoms with Gasteiger partial charge in [0.15, 0.2) is 0 Å². The van der Waals surface area contributed by atoms with Crippen LogP contribution in [0.5, 0.6) is 0 Å². The maximum absolute atomic E-state index is 12.6. The fourth-order valence-corrected chi connectivity index (χ4v) is 5.03. The van der Waals surface area contributed by atoms with Crippen LogP contribution >= 0.6 is 22.7 Å². The summed E-state index contributed by atoms with van der Waals surface area (Å²) >= 11 is 3.18. The Morgan fingerprint density at radius 1 is 1.33 bits per heavy atom. The van der Waals surface area contributed by atoms with E-state index in [1.54, 1.807) is 11.3 Å².